The summed E-state index contributed by atoms with van der Waals surface area (Å²) in [6, 6.07) is 6.48. The standard InChI is InChI=1S/C16H21N5O/c1-11-14-4-3-7-20(14)8-9-21(11)16(22)12-5-6-15-13(10-12)17-18-19(15)2/h5-6,10-11,14H,3-4,7-9H2,1-2H3/t11-,14-/m1/s1. The predicted octanol–water partition coefficient (Wildman–Crippen LogP) is 1.28. The lowest BCUT2D eigenvalue weighted by Crippen LogP contribution is -2.57. The molecule has 2 aromatic rings. The Morgan fingerprint density at radius 3 is 3.00 bits per heavy atom. The molecule has 2 aliphatic heterocycles. The van der Waals surface area contributed by atoms with E-state index < -0.39 is 0 Å². The van der Waals surface area contributed by atoms with E-state index in [1.807, 2.05) is 30.1 Å². The Morgan fingerprint density at radius 1 is 1.27 bits per heavy atom. The molecule has 1 aromatic carbocycles. The third kappa shape index (κ3) is 2.01. The molecule has 1 aromatic heterocycles. The fourth-order valence-corrected chi connectivity index (χ4v) is 3.95. The van der Waals surface area contributed by atoms with E-state index in [2.05, 4.69) is 22.1 Å². The van der Waals surface area contributed by atoms with E-state index in [0.717, 1.165) is 24.1 Å². The van der Waals surface area contributed by atoms with Crippen LogP contribution in [0.15, 0.2) is 18.2 Å². The second-order valence-electron chi connectivity index (χ2n) is 6.40. The van der Waals surface area contributed by atoms with Crippen LogP contribution in [-0.2, 0) is 7.05 Å². The molecule has 4 rings (SSSR count). The molecule has 0 bridgehead atoms. The summed E-state index contributed by atoms with van der Waals surface area (Å²) in [5.41, 5.74) is 2.44. The van der Waals surface area contributed by atoms with Gasteiger partial charge >= 0.3 is 0 Å². The summed E-state index contributed by atoms with van der Waals surface area (Å²) in [5.74, 6) is 0.117. The number of carbonyl (C=O) groups is 1. The number of carbonyl (C=O) groups excluding carboxylic acids is 1. The second-order valence-corrected chi connectivity index (χ2v) is 6.40. The number of piperazine rings is 1. The van der Waals surface area contributed by atoms with Gasteiger partial charge in [-0.25, -0.2) is 4.68 Å². The Bertz CT molecular complexity index is 724. The Hall–Kier alpha value is -1.95. The van der Waals surface area contributed by atoms with Crippen molar-refractivity contribution >= 4 is 16.9 Å². The number of nitrogens with zero attached hydrogens (tertiary/aromatic N) is 5. The molecule has 116 valence electrons. The molecule has 2 atom stereocenters. The van der Waals surface area contributed by atoms with Gasteiger partial charge < -0.3 is 4.90 Å². The second kappa shape index (κ2) is 5.05. The number of aromatic nitrogens is 3. The number of aryl methyl sites for hydroxylation is 1. The molecule has 22 heavy (non-hydrogen) atoms. The number of rotatable bonds is 1. The van der Waals surface area contributed by atoms with Gasteiger partial charge in [-0.15, -0.1) is 5.10 Å². The monoisotopic (exact) mass is 299 g/mol. The van der Waals surface area contributed by atoms with E-state index in [0.29, 0.717) is 11.6 Å². The summed E-state index contributed by atoms with van der Waals surface area (Å²) < 4.78 is 1.73. The van der Waals surface area contributed by atoms with Gasteiger partial charge in [0.2, 0.25) is 0 Å². The summed E-state index contributed by atoms with van der Waals surface area (Å²) in [7, 11) is 1.86. The van der Waals surface area contributed by atoms with Gasteiger partial charge in [0.1, 0.15) is 5.52 Å². The molecule has 6 nitrogen and oxygen atoms in total. The molecule has 2 aliphatic rings. The fraction of sp³-hybridized carbons (Fsp3) is 0.562. The maximum absolute atomic E-state index is 12.9. The first kappa shape index (κ1) is 13.7. The van der Waals surface area contributed by atoms with E-state index >= 15 is 0 Å². The van der Waals surface area contributed by atoms with Gasteiger partial charge in [-0.1, -0.05) is 5.21 Å². The number of benzene rings is 1. The highest BCUT2D eigenvalue weighted by atomic mass is 16.2. The highest BCUT2D eigenvalue weighted by Gasteiger charge is 2.38. The van der Waals surface area contributed by atoms with Crippen LogP contribution in [-0.4, -0.2) is 62.4 Å². The van der Waals surface area contributed by atoms with Crippen molar-refractivity contribution in [3.05, 3.63) is 23.8 Å². The van der Waals surface area contributed by atoms with Crippen molar-refractivity contribution in [1.29, 1.82) is 0 Å². The smallest absolute Gasteiger partial charge is 0.254 e. The molecule has 2 fully saturated rings. The number of amides is 1. The zero-order valence-electron chi connectivity index (χ0n) is 13.1. The topological polar surface area (TPSA) is 54.3 Å². The van der Waals surface area contributed by atoms with Crippen molar-refractivity contribution in [3.63, 3.8) is 0 Å². The van der Waals surface area contributed by atoms with Gasteiger partial charge in [0.25, 0.3) is 5.91 Å². The molecule has 0 N–H and O–H groups in total. The largest absolute Gasteiger partial charge is 0.333 e. The molecular formula is C16H21N5O. The van der Waals surface area contributed by atoms with Crippen LogP contribution < -0.4 is 0 Å². The van der Waals surface area contributed by atoms with Gasteiger partial charge in [0.05, 0.1) is 5.52 Å². The van der Waals surface area contributed by atoms with E-state index in [1.165, 1.54) is 19.4 Å². The van der Waals surface area contributed by atoms with Gasteiger partial charge in [-0.05, 0) is 44.5 Å². The molecular weight excluding hydrogens is 278 g/mol. The molecule has 2 saturated heterocycles. The van der Waals surface area contributed by atoms with Crippen molar-refractivity contribution in [3.8, 4) is 0 Å². The third-order valence-electron chi connectivity index (χ3n) is 5.21. The number of hydrogen-bond acceptors (Lipinski definition) is 4. The minimum Gasteiger partial charge on any atom is -0.333 e. The van der Waals surface area contributed by atoms with Crippen molar-refractivity contribution in [2.24, 2.45) is 7.05 Å². The number of fused-ring (bicyclic) bond motifs is 2. The minimum absolute atomic E-state index is 0.117. The third-order valence-corrected chi connectivity index (χ3v) is 5.21. The lowest BCUT2D eigenvalue weighted by molar-refractivity contribution is 0.0363. The van der Waals surface area contributed by atoms with Crippen LogP contribution in [0, 0.1) is 0 Å². The maximum Gasteiger partial charge on any atom is 0.254 e. The lowest BCUT2D eigenvalue weighted by Gasteiger charge is -2.43. The van der Waals surface area contributed by atoms with Crippen molar-refractivity contribution in [2.75, 3.05) is 19.6 Å². The SMILES string of the molecule is C[C@@H]1[C@H]2CCCN2CCN1C(=O)c1ccc2c(c1)nnn2C. The normalized spacial score (nSPS) is 25.6. The summed E-state index contributed by atoms with van der Waals surface area (Å²) in [6.07, 6.45) is 2.46. The van der Waals surface area contributed by atoms with Crippen LogP contribution in [0.5, 0.6) is 0 Å². The Morgan fingerprint density at radius 2 is 2.14 bits per heavy atom. The number of hydrogen-bond donors (Lipinski definition) is 0. The Kier molecular flexibility index (Phi) is 3.14. The van der Waals surface area contributed by atoms with Crippen LogP contribution in [0.25, 0.3) is 11.0 Å². The van der Waals surface area contributed by atoms with Gasteiger partial charge in [0.15, 0.2) is 0 Å². The first-order chi connectivity index (χ1) is 10.6. The zero-order chi connectivity index (χ0) is 15.3. The highest BCUT2D eigenvalue weighted by molar-refractivity contribution is 5.97. The van der Waals surface area contributed by atoms with Crippen LogP contribution in [0.4, 0.5) is 0 Å². The van der Waals surface area contributed by atoms with Gasteiger partial charge in [0, 0.05) is 37.8 Å². The van der Waals surface area contributed by atoms with Gasteiger partial charge in [-0.2, -0.15) is 0 Å². The van der Waals surface area contributed by atoms with Crippen LogP contribution in [0.1, 0.15) is 30.1 Å². The van der Waals surface area contributed by atoms with Crippen LogP contribution in [0.2, 0.25) is 0 Å². The molecule has 0 spiro atoms. The molecule has 1 amide bonds. The lowest BCUT2D eigenvalue weighted by atomic mass is 10.0. The molecule has 0 aliphatic carbocycles. The molecule has 6 heteroatoms. The van der Waals surface area contributed by atoms with E-state index in [-0.39, 0.29) is 11.9 Å². The Balaban J connectivity index is 1.62. The van der Waals surface area contributed by atoms with Gasteiger partial charge in [-0.3, -0.25) is 9.69 Å². The zero-order valence-corrected chi connectivity index (χ0v) is 13.1. The van der Waals surface area contributed by atoms with Crippen molar-refractivity contribution in [2.45, 2.75) is 31.8 Å². The Labute approximate surface area is 129 Å². The maximum atomic E-state index is 12.9. The van der Waals surface area contributed by atoms with Crippen LogP contribution >= 0.6 is 0 Å². The molecule has 0 radical (unpaired) electrons. The van der Waals surface area contributed by atoms with Crippen molar-refractivity contribution in [1.82, 2.24) is 24.8 Å². The van der Waals surface area contributed by atoms with E-state index in [9.17, 15) is 4.79 Å². The van der Waals surface area contributed by atoms with Crippen LogP contribution in [0.3, 0.4) is 0 Å². The van der Waals surface area contributed by atoms with E-state index in [4.69, 9.17) is 0 Å². The average Bonchev–Trinajstić information content (AvgIpc) is 3.14. The summed E-state index contributed by atoms with van der Waals surface area (Å²) >= 11 is 0. The first-order valence-corrected chi connectivity index (χ1v) is 7.99. The van der Waals surface area contributed by atoms with E-state index in [1.54, 1.807) is 4.68 Å². The predicted molar refractivity (Wildman–Crippen MR) is 83.6 cm³/mol. The fourth-order valence-electron chi connectivity index (χ4n) is 3.95. The summed E-state index contributed by atoms with van der Waals surface area (Å²) in [6.45, 7) is 5.17. The molecule has 3 heterocycles. The first-order valence-electron chi connectivity index (χ1n) is 7.99. The minimum atomic E-state index is 0.117. The molecule has 0 saturated carbocycles. The van der Waals surface area contributed by atoms with Crippen molar-refractivity contribution < 1.29 is 4.79 Å². The average molecular weight is 299 g/mol. The molecule has 0 unspecified atom stereocenters. The summed E-state index contributed by atoms with van der Waals surface area (Å²) in [4.78, 5) is 17.5. The quantitative estimate of drug-likeness (QED) is 0.796. The summed E-state index contributed by atoms with van der Waals surface area (Å²) in [5, 5.41) is 8.11. The highest BCUT2D eigenvalue weighted by Crippen LogP contribution is 2.28.